The molecule has 21 heavy (non-hydrogen) atoms. The first-order valence-electron chi connectivity index (χ1n) is 6.77. The number of nitrogens with two attached hydrogens (primary N) is 1. The minimum atomic E-state index is 0.682. The predicted octanol–water partition coefficient (Wildman–Crippen LogP) is 2.97. The van der Waals surface area contributed by atoms with Gasteiger partial charge in [0.1, 0.15) is 5.82 Å². The van der Waals surface area contributed by atoms with Gasteiger partial charge in [-0.05, 0) is 35.7 Å². The number of hydrogen-bond acceptors (Lipinski definition) is 4. The van der Waals surface area contributed by atoms with Crippen molar-refractivity contribution >= 4 is 11.5 Å². The third-order valence-electron chi connectivity index (χ3n) is 3.33. The molecule has 106 valence electrons. The second-order valence-corrected chi connectivity index (χ2v) is 4.95. The van der Waals surface area contributed by atoms with Crippen molar-refractivity contribution < 1.29 is 0 Å². The molecule has 2 aromatic heterocycles. The number of pyridine rings is 1. The molecular weight excluding hydrogens is 262 g/mol. The maximum absolute atomic E-state index is 5.70. The largest absolute Gasteiger partial charge is 0.397 e. The van der Waals surface area contributed by atoms with Crippen LogP contribution in [0.25, 0.3) is 11.3 Å². The molecule has 3 aromatic rings. The molecule has 4 N–H and O–H groups in total. The van der Waals surface area contributed by atoms with Gasteiger partial charge in [0.05, 0.1) is 17.6 Å². The summed E-state index contributed by atoms with van der Waals surface area (Å²) in [5.41, 5.74) is 10.8. The summed E-state index contributed by atoms with van der Waals surface area (Å²) in [6.45, 7) is 2.72. The van der Waals surface area contributed by atoms with E-state index in [1.165, 1.54) is 5.56 Å². The van der Waals surface area contributed by atoms with Gasteiger partial charge in [-0.1, -0.05) is 24.3 Å². The zero-order valence-corrected chi connectivity index (χ0v) is 11.8. The smallest absolute Gasteiger partial charge is 0.129 e. The lowest BCUT2D eigenvalue weighted by Crippen LogP contribution is -2.03. The Morgan fingerprint density at radius 2 is 2.00 bits per heavy atom. The van der Waals surface area contributed by atoms with Crippen molar-refractivity contribution in [3.63, 3.8) is 0 Å². The molecule has 0 saturated heterocycles. The van der Waals surface area contributed by atoms with E-state index in [0.29, 0.717) is 5.69 Å². The molecule has 3 rings (SSSR count). The van der Waals surface area contributed by atoms with E-state index in [2.05, 4.69) is 44.8 Å². The van der Waals surface area contributed by atoms with Gasteiger partial charge in [-0.15, -0.1) is 0 Å². The van der Waals surface area contributed by atoms with Gasteiger partial charge in [0.2, 0.25) is 0 Å². The third-order valence-corrected chi connectivity index (χ3v) is 3.33. The van der Waals surface area contributed by atoms with Gasteiger partial charge in [-0.3, -0.25) is 5.10 Å². The first-order valence-corrected chi connectivity index (χ1v) is 6.77. The Bertz CT molecular complexity index is 717. The fourth-order valence-corrected chi connectivity index (χ4v) is 2.19. The van der Waals surface area contributed by atoms with Crippen LogP contribution in [0.4, 0.5) is 11.5 Å². The lowest BCUT2D eigenvalue weighted by atomic mass is 10.1. The minimum Gasteiger partial charge on any atom is -0.397 e. The van der Waals surface area contributed by atoms with Crippen LogP contribution in [0.5, 0.6) is 0 Å². The number of aromatic nitrogens is 3. The highest BCUT2D eigenvalue weighted by atomic mass is 15.1. The monoisotopic (exact) mass is 279 g/mol. The lowest BCUT2D eigenvalue weighted by molar-refractivity contribution is 1.09. The number of anilines is 2. The maximum atomic E-state index is 5.70. The molecular formula is C16H17N5. The molecule has 0 atom stereocenters. The number of H-pyrrole nitrogens is 1. The molecule has 5 heteroatoms. The van der Waals surface area contributed by atoms with Crippen LogP contribution in [0.2, 0.25) is 0 Å². The third kappa shape index (κ3) is 3.02. The van der Waals surface area contributed by atoms with Gasteiger partial charge in [0.25, 0.3) is 0 Å². The van der Waals surface area contributed by atoms with Crippen LogP contribution in [-0.2, 0) is 6.54 Å². The van der Waals surface area contributed by atoms with Crippen molar-refractivity contribution in [2.75, 3.05) is 11.1 Å². The van der Waals surface area contributed by atoms with E-state index in [4.69, 9.17) is 5.73 Å². The number of nitrogen functional groups attached to an aromatic ring is 1. The van der Waals surface area contributed by atoms with Gasteiger partial charge in [-0.25, -0.2) is 4.98 Å². The van der Waals surface area contributed by atoms with E-state index >= 15 is 0 Å². The Morgan fingerprint density at radius 1 is 1.19 bits per heavy atom. The van der Waals surface area contributed by atoms with E-state index in [0.717, 1.165) is 29.2 Å². The summed E-state index contributed by atoms with van der Waals surface area (Å²) in [5, 5.41) is 10.2. The topological polar surface area (TPSA) is 79.6 Å². The van der Waals surface area contributed by atoms with Gasteiger partial charge in [0, 0.05) is 12.7 Å². The van der Waals surface area contributed by atoms with Crippen LogP contribution in [0, 0.1) is 6.92 Å². The van der Waals surface area contributed by atoms with Crippen molar-refractivity contribution in [2.45, 2.75) is 13.5 Å². The summed E-state index contributed by atoms with van der Waals surface area (Å²) in [6.07, 6.45) is 3.41. The minimum absolute atomic E-state index is 0.682. The van der Waals surface area contributed by atoms with Crippen molar-refractivity contribution in [3.05, 3.63) is 59.9 Å². The first kappa shape index (κ1) is 13.2. The number of rotatable bonds is 4. The molecule has 0 saturated carbocycles. The maximum Gasteiger partial charge on any atom is 0.129 e. The Balaban J connectivity index is 1.68. The van der Waals surface area contributed by atoms with Crippen LogP contribution in [0.1, 0.15) is 11.1 Å². The molecule has 0 radical (unpaired) electrons. The van der Waals surface area contributed by atoms with E-state index in [9.17, 15) is 0 Å². The van der Waals surface area contributed by atoms with Crippen molar-refractivity contribution in [1.29, 1.82) is 0 Å². The van der Waals surface area contributed by atoms with E-state index in [-0.39, 0.29) is 0 Å². The molecule has 1 aromatic carbocycles. The second kappa shape index (κ2) is 5.66. The van der Waals surface area contributed by atoms with Crippen LogP contribution in [0.15, 0.2) is 48.8 Å². The summed E-state index contributed by atoms with van der Waals surface area (Å²) in [7, 11) is 0. The molecule has 0 aliphatic carbocycles. The molecule has 2 heterocycles. The quantitative estimate of drug-likeness (QED) is 0.686. The second-order valence-electron chi connectivity index (χ2n) is 4.95. The molecule has 0 unspecified atom stereocenters. The highest BCUT2D eigenvalue weighted by Gasteiger charge is 2.02. The summed E-state index contributed by atoms with van der Waals surface area (Å²) >= 11 is 0. The molecule has 0 aliphatic rings. The highest BCUT2D eigenvalue weighted by molar-refractivity contribution is 5.59. The van der Waals surface area contributed by atoms with Crippen LogP contribution >= 0.6 is 0 Å². The van der Waals surface area contributed by atoms with E-state index in [1.54, 1.807) is 12.4 Å². The summed E-state index contributed by atoms with van der Waals surface area (Å²) in [5.74, 6) is 0.863. The Kier molecular flexibility index (Phi) is 3.55. The summed E-state index contributed by atoms with van der Waals surface area (Å²) in [6, 6.07) is 12.2. The normalized spacial score (nSPS) is 10.5. The number of aromatic amines is 1. The number of benzene rings is 1. The Morgan fingerprint density at radius 3 is 2.67 bits per heavy atom. The van der Waals surface area contributed by atoms with Gasteiger partial charge >= 0.3 is 0 Å². The standard InChI is InChI=1S/C16H17N5/c1-11-8-14(17)10-19-16(11)18-9-12-2-4-13(5-3-12)15-6-7-20-21-15/h2-8,10H,9,17H2,1H3,(H,18,19)(H,20,21). The molecule has 0 fully saturated rings. The lowest BCUT2D eigenvalue weighted by Gasteiger charge is -2.09. The number of hydrogen-bond donors (Lipinski definition) is 3. The fourth-order valence-electron chi connectivity index (χ4n) is 2.19. The summed E-state index contributed by atoms with van der Waals surface area (Å²) < 4.78 is 0. The van der Waals surface area contributed by atoms with E-state index < -0.39 is 0 Å². The van der Waals surface area contributed by atoms with Crippen molar-refractivity contribution in [2.24, 2.45) is 0 Å². The van der Waals surface area contributed by atoms with Gasteiger partial charge < -0.3 is 11.1 Å². The number of aryl methyl sites for hydroxylation is 1. The average molecular weight is 279 g/mol. The van der Waals surface area contributed by atoms with Crippen LogP contribution in [0.3, 0.4) is 0 Å². The predicted molar refractivity (Wildman–Crippen MR) is 84.7 cm³/mol. The van der Waals surface area contributed by atoms with Gasteiger partial charge in [0.15, 0.2) is 0 Å². The Hall–Kier alpha value is -2.82. The average Bonchev–Trinajstić information content (AvgIpc) is 3.01. The molecule has 0 aliphatic heterocycles. The fraction of sp³-hybridized carbons (Fsp3) is 0.125. The van der Waals surface area contributed by atoms with Crippen LogP contribution in [-0.4, -0.2) is 15.2 Å². The highest BCUT2D eigenvalue weighted by Crippen LogP contribution is 2.18. The van der Waals surface area contributed by atoms with Gasteiger partial charge in [-0.2, -0.15) is 5.10 Å². The van der Waals surface area contributed by atoms with Crippen molar-refractivity contribution in [1.82, 2.24) is 15.2 Å². The van der Waals surface area contributed by atoms with Crippen LogP contribution < -0.4 is 11.1 Å². The SMILES string of the molecule is Cc1cc(N)cnc1NCc1ccc(-c2ccn[nH]2)cc1. The molecule has 0 spiro atoms. The zero-order valence-electron chi connectivity index (χ0n) is 11.8. The number of nitrogens with zero attached hydrogens (tertiary/aromatic N) is 2. The van der Waals surface area contributed by atoms with E-state index in [1.807, 2.05) is 19.1 Å². The molecule has 0 bridgehead atoms. The number of nitrogens with one attached hydrogen (secondary N) is 2. The molecule has 5 nitrogen and oxygen atoms in total. The summed E-state index contributed by atoms with van der Waals surface area (Å²) in [4.78, 5) is 4.30. The Labute approximate surface area is 123 Å². The first-order chi connectivity index (χ1) is 10.2. The molecule has 0 amide bonds. The van der Waals surface area contributed by atoms with Crippen molar-refractivity contribution in [3.8, 4) is 11.3 Å². The zero-order chi connectivity index (χ0) is 14.7.